The lowest BCUT2D eigenvalue weighted by molar-refractivity contribution is 0.296. The average Bonchev–Trinajstić information content (AvgIpc) is 1.66. The highest BCUT2D eigenvalue weighted by Crippen LogP contribution is 1.98. The highest BCUT2D eigenvalue weighted by Gasteiger charge is 1.65. The largest absolute Gasteiger partial charge is 0.395 e. The molecule has 0 amide bonds. The summed E-state index contributed by atoms with van der Waals surface area (Å²) in [5, 5.41) is 10.8. The summed E-state index contributed by atoms with van der Waals surface area (Å²) >= 11 is 0. The van der Waals surface area contributed by atoms with Gasteiger partial charge in [0.05, 0.1) is 6.61 Å². The predicted octanol–water partition coefficient (Wildman–Crippen LogP) is -1.44. The first-order valence-corrected chi connectivity index (χ1v) is 3.62. The van der Waals surface area contributed by atoms with Crippen molar-refractivity contribution in [1.29, 1.82) is 0 Å². The van der Waals surface area contributed by atoms with E-state index in [1.807, 2.05) is 0 Å². The van der Waals surface area contributed by atoms with E-state index in [0.717, 1.165) is 0 Å². The van der Waals surface area contributed by atoms with Gasteiger partial charge in [0.2, 0.25) is 0 Å². The van der Waals surface area contributed by atoms with Crippen molar-refractivity contribution in [3.8, 4) is 0 Å². The molecule has 58 valence electrons. The Bertz CT molecular complexity index is 62.8. The zero-order valence-corrected chi connectivity index (χ0v) is 6.16. The summed E-state index contributed by atoms with van der Waals surface area (Å²) in [5.41, 5.74) is 0. The number of aliphatic hydroxyl groups excluding tert-OH is 1. The van der Waals surface area contributed by atoms with E-state index < -0.39 is 8.25 Å². The molecule has 4 N–H and O–H groups in total. The van der Waals surface area contributed by atoms with E-state index in [0.29, 0.717) is 6.54 Å². The van der Waals surface area contributed by atoms with Crippen LogP contribution in [-0.2, 0) is 4.57 Å². The number of hydrogen-bond acceptors (Lipinski definition) is 3. The van der Waals surface area contributed by atoms with Crippen LogP contribution in [-0.4, -0.2) is 35.1 Å². The van der Waals surface area contributed by atoms with Gasteiger partial charge in [0.25, 0.3) is 0 Å². The highest BCUT2D eigenvalue weighted by atomic mass is 31.1. The van der Waals surface area contributed by atoms with Crippen LogP contribution in [0.4, 0.5) is 0 Å². The van der Waals surface area contributed by atoms with E-state index in [9.17, 15) is 0 Å². The normalized spacial score (nSPS) is 8.56. The maximum Gasteiger partial charge on any atom is 0.314 e. The fourth-order valence-electron chi connectivity index (χ4n) is 0.112. The SMILES string of the molecule is CNCCO.O=[PH](O)O. The molecule has 5 nitrogen and oxygen atoms in total. The van der Waals surface area contributed by atoms with Gasteiger partial charge in [-0.1, -0.05) is 0 Å². The quantitative estimate of drug-likeness (QED) is 0.368. The second-order valence-electron chi connectivity index (χ2n) is 1.11. The fraction of sp³-hybridized carbons (Fsp3) is 1.00. The van der Waals surface area contributed by atoms with E-state index in [-0.39, 0.29) is 6.61 Å². The van der Waals surface area contributed by atoms with Crippen molar-refractivity contribution in [2.75, 3.05) is 20.2 Å². The number of aliphatic hydroxyl groups is 1. The maximum absolute atomic E-state index is 8.74. The Hall–Kier alpha value is 0.0700. The third-order valence-electron chi connectivity index (χ3n) is 0.362. The average molecular weight is 157 g/mol. The summed E-state index contributed by atoms with van der Waals surface area (Å²) < 4.78 is 8.74. The molecule has 0 saturated heterocycles. The molecule has 0 radical (unpaired) electrons. The Morgan fingerprint density at radius 3 is 1.89 bits per heavy atom. The van der Waals surface area contributed by atoms with Crippen molar-refractivity contribution in [2.24, 2.45) is 0 Å². The molecule has 0 aromatic heterocycles. The third kappa shape index (κ3) is 69.4. The molecule has 9 heavy (non-hydrogen) atoms. The molecule has 0 heterocycles. The molecular formula is C3H12NO4P. The summed E-state index contributed by atoms with van der Waals surface area (Å²) in [6.07, 6.45) is 0. The molecule has 0 aliphatic heterocycles. The molecule has 0 saturated carbocycles. The first-order valence-electron chi connectivity index (χ1n) is 2.32. The van der Waals surface area contributed by atoms with E-state index in [1.54, 1.807) is 7.05 Å². The Morgan fingerprint density at radius 2 is 1.89 bits per heavy atom. The number of hydrogen-bond donors (Lipinski definition) is 4. The van der Waals surface area contributed by atoms with Gasteiger partial charge < -0.3 is 20.2 Å². The van der Waals surface area contributed by atoms with Gasteiger partial charge in [-0.25, -0.2) is 0 Å². The zero-order chi connectivity index (χ0) is 7.70. The summed E-state index contributed by atoms with van der Waals surface area (Å²) in [6.45, 7) is 0.927. The van der Waals surface area contributed by atoms with Crippen LogP contribution >= 0.6 is 8.25 Å². The van der Waals surface area contributed by atoms with Gasteiger partial charge in [0, 0.05) is 6.54 Å². The van der Waals surface area contributed by atoms with E-state index >= 15 is 0 Å². The van der Waals surface area contributed by atoms with Crippen LogP contribution in [0.15, 0.2) is 0 Å². The first kappa shape index (κ1) is 11.8. The molecule has 0 aromatic carbocycles. The highest BCUT2D eigenvalue weighted by molar-refractivity contribution is 7.30. The Labute approximate surface area is 54.3 Å². The summed E-state index contributed by atoms with van der Waals surface area (Å²) in [4.78, 5) is 14.3. The van der Waals surface area contributed by atoms with Crippen molar-refractivity contribution in [1.82, 2.24) is 5.32 Å². The third-order valence-corrected chi connectivity index (χ3v) is 0.362. The maximum atomic E-state index is 8.74. The van der Waals surface area contributed by atoms with Gasteiger partial charge in [-0.15, -0.1) is 0 Å². The van der Waals surface area contributed by atoms with Gasteiger partial charge in [0.15, 0.2) is 0 Å². The Morgan fingerprint density at radius 1 is 1.56 bits per heavy atom. The minimum Gasteiger partial charge on any atom is -0.395 e. The zero-order valence-electron chi connectivity index (χ0n) is 5.16. The molecule has 0 unspecified atom stereocenters. The van der Waals surface area contributed by atoms with E-state index in [1.165, 1.54) is 0 Å². The lowest BCUT2D eigenvalue weighted by atomic mass is 10.7. The topological polar surface area (TPSA) is 89.8 Å². The second-order valence-corrected chi connectivity index (χ2v) is 1.67. The van der Waals surface area contributed by atoms with Gasteiger partial charge in [-0.2, -0.15) is 0 Å². The monoisotopic (exact) mass is 157 g/mol. The lowest BCUT2D eigenvalue weighted by Gasteiger charge is -1.84. The minimum atomic E-state index is -3.13. The van der Waals surface area contributed by atoms with Gasteiger partial charge >= 0.3 is 8.25 Å². The minimum absolute atomic E-state index is 0.233. The summed E-state index contributed by atoms with van der Waals surface area (Å²) in [5.74, 6) is 0. The summed E-state index contributed by atoms with van der Waals surface area (Å²) in [7, 11) is -1.33. The van der Waals surface area contributed by atoms with Crippen LogP contribution in [0.5, 0.6) is 0 Å². The van der Waals surface area contributed by atoms with Crippen LogP contribution in [0.3, 0.4) is 0 Å². The smallest absolute Gasteiger partial charge is 0.314 e. The Kier molecular flexibility index (Phi) is 14.4. The standard InChI is InChI=1S/C3H9NO.H3O3P/c1-4-2-3-5;1-4(2)3/h4-5H,2-3H2,1H3;4H,(H2,1,2,3). The molecular weight excluding hydrogens is 145 g/mol. The molecule has 0 aromatic rings. The first-order chi connectivity index (χ1) is 4.15. The van der Waals surface area contributed by atoms with Crippen LogP contribution < -0.4 is 5.32 Å². The van der Waals surface area contributed by atoms with Crippen molar-refractivity contribution in [2.45, 2.75) is 0 Å². The van der Waals surface area contributed by atoms with Gasteiger partial charge in [0.1, 0.15) is 0 Å². The van der Waals surface area contributed by atoms with Gasteiger partial charge in [-0.3, -0.25) is 4.57 Å². The Balaban J connectivity index is 0. The predicted molar refractivity (Wildman–Crippen MR) is 34.5 cm³/mol. The van der Waals surface area contributed by atoms with Crippen molar-refractivity contribution in [3.05, 3.63) is 0 Å². The van der Waals surface area contributed by atoms with Crippen LogP contribution in [0.1, 0.15) is 0 Å². The molecule has 0 spiro atoms. The fourth-order valence-corrected chi connectivity index (χ4v) is 0.112. The van der Waals surface area contributed by atoms with E-state index in [4.69, 9.17) is 19.5 Å². The van der Waals surface area contributed by atoms with Crippen LogP contribution in [0.2, 0.25) is 0 Å². The second kappa shape index (κ2) is 10.9. The molecule has 0 aliphatic rings. The molecule has 0 atom stereocenters. The molecule has 0 fully saturated rings. The molecule has 6 heteroatoms. The van der Waals surface area contributed by atoms with Crippen molar-refractivity contribution in [3.63, 3.8) is 0 Å². The number of likely N-dealkylation sites (N-methyl/N-ethyl adjacent to an activating group) is 1. The van der Waals surface area contributed by atoms with Crippen LogP contribution in [0, 0.1) is 0 Å². The van der Waals surface area contributed by atoms with Crippen molar-refractivity contribution < 1.29 is 19.5 Å². The van der Waals surface area contributed by atoms with Crippen LogP contribution in [0.25, 0.3) is 0 Å². The number of nitrogens with one attached hydrogen (secondary N) is 1. The molecule has 0 bridgehead atoms. The van der Waals surface area contributed by atoms with Crippen molar-refractivity contribution >= 4 is 8.25 Å². The van der Waals surface area contributed by atoms with Gasteiger partial charge in [-0.05, 0) is 7.05 Å². The molecule has 0 aliphatic carbocycles. The molecule has 0 rings (SSSR count). The van der Waals surface area contributed by atoms with E-state index in [2.05, 4.69) is 5.32 Å². The summed E-state index contributed by atoms with van der Waals surface area (Å²) in [6, 6.07) is 0. The number of rotatable bonds is 2. The lowest BCUT2D eigenvalue weighted by Crippen LogP contribution is -2.10.